The lowest BCUT2D eigenvalue weighted by Gasteiger charge is -2.41. The average molecular weight is 775 g/mol. The standard InChI is InChI=1S/C41H51N4O9P/c1-27(2)45(28(3)4)55(51-26-12-24-42)54-37-36(52-39(38(37)50-8)44-25-23-35(46)43-40(44)47)29(5)53-41(30-13-10-9-11-14-30,31-15-19-33(48-6)20-16-31)32-17-21-34(49-7)22-18-32/h9-11,13-23,25,27-29,36-39H,12,26H2,1-8H3,(H,43,46,47)/t29-,36-,37-,38-,39-,55?/m1/s1. The summed E-state index contributed by atoms with van der Waals surface area (Å²) in [5, 5.41) is 9.36. The van der Waals surface area contributed by atoms with Gasteiger partial charge in [0.25, 0.3) is 14.1 Å². The van der Waals surface area contributed by atoms with Crippen LogP contribution in [-0.2, 0) is 28.9 Å². The number of aromatic nitrogens is 2. The van der Waals surface area contributed by atoms with Gasteiger partial charge < -0.3 is 32.7 Å². The van der Waals surface area contributed by atoms with Crippen molar-refractivity contribution in [3.63, 3.8) is 0 Å². The summed E-state index contributed by atoms with van der Waals surface area (Å²) in [6.07, 6.45) is -2.81. The molecule has 1 saturated heterocycles. The van der Waals surface area contributed by atoms with E-state index < -0.39 is 56.0 Å². The van der Waals surface area contributed by atoms with Crippen molar-refractivity contribution < 1.29 is 32.7 Å². The fourth-order valence-corrected chi connectivity index (χ4v) is 8.79. The number of nitriles is 1. The lowest BCUT2D eigenvalue weighted by atomic mass is 9.79. The SMILES string of the molecule is COc1ccc(C(O[C@H](C)[C@H]2O[C@@H](n3ccc(=O)[nH]c3=O)[C@H](OC)[C@@H]2OP(OCCC#N)N(C(C)C)C(C)C)(c2ccccc2)c2ccc(OC)cc2)cc1. The van der Waals surface area contributed by atoms with E-state index in [1.54, 1.807) is 14.2 Å². The number of benzene rings is 3. The van der Waals surface area contributed by atoms with Gasteiger partial charge in [0.15, 0.2) is 6.23 Å². The maximum absolute atomic E-state index is 13.3. The Hall–Kier alpha value is -4.38. The van der Waals surface area contributed by atoms with Gasteiger partial charge in [-0.25, -0.2) is 9.46 Å². The highest BCUT2D eigenvalue weighted by molar-refractivity contribution is 7.44. The summed E-state index contributed by atoms with van der Waals surface area (Å²) >= 11 is 0. The molecule has 0 spiro atoms. The second kappa shape index (κ2) is 19.0. The van der Waals surface area contributed by atoms with Crippen molar-refractivity contribution in [3.05, 3.63) is 129 Å². The lowest BCUT2D eigenvalue weighted by molar-refractivity contribution is -0.136. The van der Waals surface area contributed by atoms with Gasteiger partial charge in [-0.2, -0.15) is 5.26 Å². The van der Waals surface area contributed by atoms with E-state index in [1.807, 2.05) is 85.8 Å². The average Bonchev–Trinajstić information content (AvgIpc) is 3.54. The Balaban J connectivity index is 1.68. The molecule has 3 aromatic carbocycles. The Morgan fingerprint density at radius 3 is 1.89 bits per heavy atom. The molecule has 13 nitrogen and oxygen atoms in total. The zero-order valence-electron chi connectivity index (χ0n) is 32.6. The Bertz CT molecular complexity index is 1910. The molecule has 0 saturated carbocycles. The van der Waals surface area contributed by atoms with E-state index in [2.05, 4.69) is 43.4 Å². The van der Waals surface area contributed by atoms with Crippen LogP contribution < -0.4 is 20.7 Å². The quantitative estimate of drug-likeness (QED) is 0.0670. The van der Waals surface area contributed by atoms with Crippen LogP contribution in [-0.4, -0.2) is 78.7 Å². The van der Waals surface area contributed by atoms with E-state index in [4.69, 9.17) is 32.7 Å². The van der Waals surface area contributed by atoms with E-state index >= 15 is 0 Å². The fraction of sp³-hybridized carbons (Fsp3) is 0.439. The molecule has 0 amide bonds. The first-order chi connectivity index (χ1) is 26.5. The van der Waals surface area contributed by atoms with Crippen LogP contribution in [0, 0.1) is 11.3 Å². The molecule has 55 heavy (non-hydrogen) atoms. The molecule has 1 aliphatic heterocycles. The molecular formula is C41H51N4O9P. The number of nitrogens with one attached hydrogen (secondary N) is 1. The van der Waals surface area contributed by atoms with Gasteiger partial charge in [-0.15, -0.1) is 0 Å². The molecule has 14 heteroatoms. The van der Waals surface area contributed by atoms with Gasteiger partial charge in [-0.3, -0.25) is 14.3 Å². The topological polar surface area (TPSA) is 147 Å². The van der Waals surface area contributed by atoms with Gasteiger partial charge >= 0.3 is 5.69 Å². The van der Waals surface area contributed by atoms with Gasteiger partial charge in [0.1, 0.15) is 35.4 Å². The van der Waals surface area contributed by atoms with Crippen molar-refractivity contribution >= 4 is 8.53 Å². The number of aromatic amines is 1. The third-order valence-electron chi connectivity index (χ3n) is 9.50. The molecular weight excluding hydrogens is 723 g/mol. The number of rotatable bonds is 18. The van der Waals surface area contributed by atoms with Crippen LogP contribution in [0.25, 0.3) is 0 Å². The highest BCUT2D eigenvalue weighted by Gasteiger charge is 2.53. The molecule has 1 aromatic heterocycles. The van der Waals surface area contributed by atoms with Gasteiger partial charge in [0, 0.05) is 31.5 Å². The first kappa shape index (κ1) is 41.8. The molecule has 4 aromatic rings. The Morgan fingerprint density at radius 2 is 1.40 bits per heavy atom. The molecule has 5 rings (SSSR count). The van der Waals surface area contributed by atoms with Crippen molar-refractivity contribution in [2.24, 2.45) is 0 Å². The third-order valence-corrected chi connectivity index (χ3v) is 11.6. The first-order valence-corrected chi connectivity index (χ1v) is 19.4. The Kier molecular flexibility index (Phi) is 14.4. The van der Waals surface area contributed by atoms with Gasteiger partial charge in [0.05, 0.1) is 39.4 Å². The van der Waals surface area contributed by atoms with E-state index in [0.29, 0.717) is 11.5 Å². The molecule has 1 fully saturated rings. The molecule has 0 bridgehead atoms. The van der Waals surface area contributed by atoms with Crippen molar-refractivity contribution in [2.75, 3.05) is 27.9 Å². The zero-order chi connectivity index (χ0) is 39.7. The summed E-state index contributed by atoms with van der Waals surface area (Å²) in [4.78, 5) is 27.7. The summed E-state index contributed by atoms with van der Waals surface area (Å²) < 4.78 is 48.2. The van der Waals surface area contributed by atoms with Crippen LogP contribution in [0.4, 0.5) is 0 Å². The van der Waals surface area contributed by atoms with Gasteiger partial charge in [-0.05, 0) is 75.6 Å². The number of hydrogen-bond donors (Lipinski definition) is 1. The summed E-state index contributed by atoms with van der Waals surface area (Å²) in [7, 11) is 2.97. The van der Waals surface area contributed by atoms with Crippen molar-refractivity contribution in [2.45, 2.75) is 89.4 Å². The maximum atomic E-state index is 13.3. The molecule has 1 N–H and O–H groups in total. The fourth-order valence-electron chi connectivity index (χ4n) is 7.04. The molecule has 6 atom stereocenters. The largest absolute Gasteiger partial charge is 0.497 e. The maximum Gasteiger partial charge on any atom is 0.330 e. The molecule has 0 radical (unpaired) electrons. The second-order valence-corrected chi connectivity index (χ2v) is 15.1. The predicted molar refractivity (Wildman–Crippen MR) is 209 cm³/mol. The van der Waals surface area contributed by atoms with Crippen LogP contribution in [0.2, 0.25) is 0 Å². The number of methoxy groups -OCH3 is 3. The molecule has 294 valence electrons. The van der Waals surface area contributed by atoms with Crippen LogP contribution in [0.3, 0.4) is 0 Å². The number of nitrogens with zero attached hydrogens (tertiary/aromatic N) is 3. The van der Waals surface area contributed by atoms with Crippen molar-refractivity contribution in [1.82, 2.24) is 14.2 Å². The predicted octanol–water partition coefficient (Wildman–Crippen LogP) is 6.52. The van der Waals surface area contributed by atoms with Gasteiger partial charge in [0.2, 0.25) is 0 Å². The van der Waals surface area contributed by atoms with Crippen LogP contribution in [0.15, 0.2) is 101 Å². The lowest BCUT2D eigenvalue weighted by Crippen LogP contribution is -2.46. The summed E-state index contributed by atoms with van der Waals surface area (Å²) in [5.74, 6) is 1.37. The molecule has 1 aliphatic rings. The minimum atomic E-state index is -1.79. The summed E-state index contributed by atoms with van der Waals surface area (Å²) in [5.41, 5.74) is 0.0599. The van der Waals surface area contributed by atoms with Crippen molar-refractivity contribution in [1.29, 1.82) is 5.26 Å². The van der Waals surface area contributed by atoms with Crippen molar-refractivity contribution in [3.8, 4) is 17.6 Å². The minimum absolute atomic E-state index is 0.0112. The molecule has 2 heterocycles. The molecule has 1 unspecified atom stereocenters. The monoisotopic (exact) mass is 774 g/mol. The van der Waals surface area contributed by atoms with Crippen LogP contribution >= 0.6 is 8.53 Å². The minimum Gasteiger partial charge on any atom is -0.497 e. The summed E-state index contributed by atoms with van der Waals surface area (Å²) in [6.45, 7) is 10.3. The number of H-pyrrole nitrogens is 1. The first-order valence-electron chi connectivity index (χ1n) is 18.3. The Morgan fingerprint density at radius 1 is 0.836 bits per heavy atom. The smallest absolute Gasteiger partial charge is 0.330 e. The highest BCUT2D eigenvalue weighted by Crippen LogP contribution is 2.52. The van der Waals surface area contributed by atoms with Gasteiger partial charge in [-0.1, -0.05) is 54.6 Å². The van der Waals surface area contributed by atoms with E-state index in [9.17, 15) is 14.9 Å². The summed E-state index contributed by atoms with van der Waals surface area (Å²) in [6, 6.07) is 28.8. The number of hydrogen-bond acceptors (Lipinski definition) is 11. The van der Waals surface area contributed by atoms with E-state index in [0.717, 1.165) is 16.7 Å². The third kappa shape index (κ3) is 9.20. The Labute approximate surface area is 323 Å². The normalized spacial score (nSPS) is 19.7. The van der Waals surface area contributed by atoms with Crippen LogP contribution in [0.5, 0.6) is 11.5 Å². The van der Waals surface area contributed by atoms with E-state index in [1.165, 1.54) is 23.9 Å². The molecule has 0 aliphatic carbocycles. The number of ether oxygens (including phenoxy) is 5. The van der Waals surface area contributed by atoms with Crippen LogP contribution in [0.1, 0.15) is 64.0 Å². The zero-order valence-corrected chi connectivity index (χ0v) is 33.5. The second-order valence-electron chi connectivity index (χ2n) is 13.7. The highest BCUT2D eigenvalue weighted by atomic mass is 31.2. The van der Waals surface area contributed by atoms with E-state index in [-0.39, 0.29) is 25.1 Å².